The number of ether oxygens (including phenoxy) is 1. The molecular weight excluding hydrogens is 260 g/mol. The Labute approximate surface area is 125 Å². The van der Waals surface area contributed by atoms with E-state index in [-0.39, 0.29) is 0 Å². The zero-order valence-electron chi connectivity index (χ0n) is 12.3. The van der Waals surface area contributed by atoms with Crippen LogP contribution in [0.4, 0.5) is 0 Å². The first kappa shape index (κ1) is 13.1. The normalized spacial score (nSPS) is 18.3. The van der Waals surface area contributed by atoms with Gasteiger partial charge in [-0.05, 0) is 61.8 Å². The quantitative estimate of drug-likeness (QED) is 0.790. The molecule has 1 N–H and O–H groups in total. The Morgan fingerprint density at radius 1 is 1.10 bits per heavy atom. The molecule has 2 fully saturated rings. The van der Waals surface area contributed by atoms with Crippen molar-refractivity contribution in [1.29, 1.82) is 0 Å². The first-order valence-corrected chi connectivity index (χ1v) is 8.12. The molecule has 1 aromatic carbocycles. The summed E-state index contributed by atoms with van der Waals surface area (Å²) in [5.41, 5.74) is 0.997. The van der Waals surface area contributed by atoms with Gasteiger partial charge in [0.2, 0.25) is 0 Å². The monoisotopic (exact) mass is 282 g/mol. The van der Waals surface area contributed by atoms with Crippen molar-refractivity contribution in [3.63, 3.8) is 0 Å². The van der Waals surface area contributed by atoms with Crippen LogP contribution in [0.5, 0.6) is 5.75 Å². The third-order valence-electron chi connectivity index (χ3n) is 4.61. The molecule has 4 rings (SSSR count). The van der Waals surface area contributed by atoms with Crippen LogP contribution in [-0.4, -0.2) is 24.2 Å². The highest BCUT2D eigenvalue weighted by molar-refractivity contribution is 5.84. The van der Waals surface area contributed by atoms with Gasteiger partial charge in [0.05, 0.1) is 5.52 Å². The molecule has 1 aromatic heterocycles. The van der Waals surface area contributed by atoms with Crippen molar-refractivity contribution in [2.45, 2.75) is 31.7 Å². The van der Waals surface area contributed by atoms with E-state index >= 15 is 0 Å². The third-order valence-corrected chi connectivity index (χ3v) is 4.61. The summed E-state index contributed by atoms with van der Waals surface area (Å²) in [6.45, 7) is 1.66. The fourth-order valence-electron chi connectivity index (χ4n) is 3.22. The van der Waals surface area contributed by atoms with Gasteiger partial charge in [0.15, 0.2) is 0 Å². The molecule has 0 bridgehead atoms. The van der Waals surface area contributed by atoms with Crippen molar-refractivity contribution in [1.82, 2.24) is 10.3 Å². The number of aromatic nitrogens is 1. The lowest BCUT2D eigenvalue weighted by Crippen LogP contribution is -2.36. The molecule has 2 aliphatic carbocycles. The standard InChI is InChI=1S/C18H22N2O/c1-4-16-15(3-2-10-19-16)17(5-1)21-12-11-20-18(13-6-7-13)14-8-9-14/h1-5,10,13-14,18,20H,6-9,11-12H2. The Bertz CT molecular complexity index is 602. The number of hydrogen-bond donors (Lipinski definition) is 1. The number of fused-ring (bicyclic) bond motifs is 1. The molecule has 0 atom stereocenters. The van der Waals surface area contributed by atoms with Gasteiger partial charge in [0.1, 0.15) is 12.4 Å². The molecule has 0 unspecified atom stereocenters. The molecular formula is C18H22N2O. The molecule has 2 aromatic rings. The predicted molar refractivity (Wildman–Crippen MR) is 84.5 cm³/mol. The average Bonchev–Trinajstić information content (AvgIpc) is 3.40. The van der Waals surface area contributed by atoms with Gasteiger partial charge in [-0.2, -0.15) is 0 Å². The molecule has 21 heavy (non-hydrogen) atoms. The number of nitrogens with zero attached hydrogens (tertiary/aromatic N) is 1. The van der Waals surface area contributed by atoms with Crippen molar-refractivity contribution in [2.24, 2.45) is 11.8 Å². The maximum absolute atomic E-state index is 5.97. The van der Waals surface area contributed by atoms with Gasteiger partial charge in [-0.3, -0.25) is 4.98 Å². The van der Waals surface area contributed by atoms with Gasteiger partial charge in [-0.25, -0.2) is 0 Å². The predicted octanol–water partition coefficient (Wildman–Crippen LogP) is 3.39. The first-order chi connectivity index (χ1) is 10.4. The Morgan fingerprint density at radius 2 is 1.90 bits per heavy atom. The van der Waals surface area contributed by atoms with Crippen molar-refractivity contribution < 1.29 is 4.74 Å². The summed E-state index contributed by atoms with van der Waals surface area (Å²) >= 11 is 0. The van der Waals surface area contributed by atoms with Crippen LogP contribution >= 0.6 is 0 Å². The Kier molecular flexibility index (Phi) is 3.52. The summed E-state index contributed by atoms with van der Waals surface area (Å²) in [5, 5.41) is 4.82. The molecule has 0 aliphatic heterocycles. The van der Waals surface area contributed by atoms with Gasteiger partial charge in [-0.1, -0.05) is 6.07 Å². The second-order valence-corrected chi connectivity index (χ2v) is 6.33. The van der Waals surface area contributed by atoms with Crippen LogP contribution in [0, 0.1) is 11.8 Å². The zero-order valence-corrected chi connectivity index (χ0v) is 12.3. The highest BCUT2D eigenvalue weighted by Crippen LogP contribution is 2.44. The van der Waals surface area contributed by atoms with E-state index in [9.17, 15) is 0 Å². The largest absolute Gasteiger partial charge is 0.492 e. The molecule has 0 radical (unpaired) electrons. The van der Waals surface area contributed by atoms with Crippen LogP contribution in [0.1, 0.15) is 25.7 Å². The molecule has 3 nitrogen and oxygen atoms in total. The fraction of sp³-hybridized carbons (Fsp3) is 0.500. The summed E-state index contributed by atoms with van der Waals surface area (Å²) in [6.07, 6.45) is 7.51. The maximum Gasteiger partial charge on any atom is 0.128 e. The number of pyridine rings is 1. The van der Waals surface area contributed by atoms with Crippen LogP contribution in [0.25, 0.3) is 10.9 Å². The van der Waals surface area contributed by atoms with Crippen LogP contribution in [0.15, 0.2) is 36.5 Å². The van der Waals surface area contributed by atoms with Gasteiger partial charge >= 0.3 is 0 Å². The van der Waals surface area contributed by atoms with Gasteiger partial charge in [0.25, 0.3) is 0 Å². The van der Waals surface area contributed by atoms with Crippen LogP contribution in [0.2, 0.25) is 0 Å². The number of benzene rings is 1. The lowest BCUT2D eigenvalue weighted by Gasteiger charge is -2.18. The smallest absolute Gasteiger partial charge is 0.128 e. The Balaban J connectivity index is 1.33. The molecule has 0 spiro atoms. The SMILES string of the molecule is c1cc(OCCNC(C2CC2)C2CC2)c2cccnc2c1. The Hall–Kier alpha value is -1.61. The van der Waals surface area contributed by atoms with Crippen molar-refractivity contribution in [2.75, 3.05) is 13.2 Å². The molecule has 0 amide bonds. The average molecular weight is 282 g/mol. The number of nitrogens with one attached hydrogen (secondary N) is 1. The van der Waals surface area contributed by atoms with Gasteiger partial charge < -0.3 is 10.1 Å². The van der Waals surface area contributed by atoms with E-state index in [1.807, 2.05) is 30.5 Å². The zero-order chi connectivity index (χ0) is 14.1. The van der Waals surface area contributed by atoms with Crippen LogP contribution < -0.4 is 10.1 Å². The highest BCUT2D eigenvalue weighted by Gasteiger charge is 2.40. The molecule has 110 valence electrons. The lowest BCUT2D eigenvalue weighted by atomic mass is 10.1. The second kappa shape index (κ2) is 5.64. The number of rotatable bonds is 7. The fourth-order valence-corrected chi connectivity index (χ4v) is 3.22. The van der Waals surface area contributed by atoms with E-state index in [0.717, 1.165) is 47.7 Å². The van der Waals surface area contributed by atoms with Crippen molar-refractivity contribution >= 4 is 10.9 Å². The summed E-state index contributed by atoms with van der Waals surface area (Å²) < 4.78 is 5.97. The van der Waals surface area contributed by atoms with E-state index in [1.165, 1.54) is 25.7 Å². The maximum atomic E-state index is 5.97. The van der Waals surface area contributed by atoms with E-state index in [4.69, 9.17) is 4.74 Å². The van der Waals surface area contributed by atoms with Gasteiger partial charge in [0, 0.05) is 24.2 Å². The summed E-state index contributed by atoms with van der Waals surface area (Å²) in [5.74, 6) is 2.83. The van der Waals surface area contributed by atoms with E-state index in [1.54, 1.807) is 0 Å². The van der Waals surface area contributed by atoms with Crippen LogP contribution in [0.3, 0.4) is 0 Å². The number of hydrogen-bond acceptors (Lipinski definition) is 3. The molecule has 2 aliphatic rings. The van der Waals surface area contributed by atoms with E-state index < -0.39 is 0 Å². The summed E-state index contributed by atoms with van der Waals surface area (Å²) in [6, 6.07) is 10.9. The van der Waals surface area contributed by atoms with Gasteiger partial charge in [-0.15, -0.1) is 0 Å². The first-order valence-electron chi connectivity index (χ1n) is 8.12. The van der Waals surface area contributed by atoms with Crippen LogP contribution in [-0.2, 0) is 0 Å². The Morgan fingerprint density at radius 3 is 2.67 bits per heavy atom. The van der Waals surface area contributed by atoms with E-state index in [0.29, 0.717) is 0 Å². The van der Waals surface area contributed by atoms with Crippen molar-refractivity contribution in [3.05, 3.63) is 36.5 Å². The minimum absolute atomic E-state index is 0.726. The second-order valence-electron chi connectivity index (χ2n) is 6.33. The van der Waals surface area contributed by atoms with E-state index in [2.05, 4.69) is 16.4 Å². The lowest BCUT2D eigenvalue weighted by molar-refractivity contribution is 0.296. The summed E-state index contributed by atoms with van der Waals surface area (Å²) in [7, 11) is 0. The van der Waals surface area contributed by atoms with Crippen molar-refractivity contribution in [3.8, 4) is 5.75 Å². The third kappa shape index (κ3) is 3.03. The minimum Gasteiger partial charge on any atom is -0.492 e. The molecule has 1 heterocycles. The highest BCUT2D eigenvalue weighted by atomic mass is 16.5. The topological polar surface area (TPSA) is 34.1 Å². The minimum atomic E-state index is 0.726. The summed E-state index contributed by atoms with van der Waals surface area (Å²) in [4.78, 5) is 4.37. The molecule has 3 heteroatoms. The molecule has 0 saturated heterocycles. The molecule has 2 saturated carbocycles.